The number of alkyl carbamates (subject to hydrolysis) is 1. The van der Waals surface area contributed by atoms with E-state index in [0.717, 1.165) is 22.3 Å². The van der Waals surface area contributed by atoms with Crippen LogP contribution in [0.3, 0.4) is 0 Å². The second kappa shape index (κ2) is 11.7. The van der Waals surface area contributed by atoms with Crippen LogP contribution in [0, 0.1) is 11.3 Å². The van der Waals surface area contributed by atoms with Gasteiger partial charge >= 0.3 is 12.1 Å². The Morgan fingerprint density at radius 1 is 1.03 bits per heavy atom. The van der Waals surface area contributed by atoms with Crippen LogP contribution < -0.4 is 10.6 Å². The van der Waals surface area contributed by atoms with Gasteiger partial charge in [0.15, 0.2) is 0 Å². The van der Waals surface area contributed by atoms with Crippen molar-refractivity contribution in [1.29, 1.82) is 5.26 Å². The molecule has 0 fully saturated rings. The number of nitrogens with one attached hydrogen (secondary N) is 2. The zero-order valence-electron chi connectivity index (χ0n) is 18.3. The Labute approximate surface area is 192 Å². The summed E-state index contributed by atoms with van der Waals surface area (Å²) in [6, 6.07) is 17.2. The van der Waals surface area contributed by atoms with Gasteiger partial charge in [-0.25, -0.2) is 4.79 Å². The molecule has 172 valence electrons. The number of fused-ring (bicyclic) bond motifs is 3. The van der Waals surface area contributed by atoms with Crippen LogP contribution in [-0.4, -0.2) is 42.3 Å². The zero-order valence-corrected chi connectivity index (χ0v) is 18.3. The van der Waals surface area contributed by atoms with Crippen molar-refractivity contribution in [3.8, 4) is 17.2 Å². The van der Waals surface area contributed by atoms with E-state index in [1.165, 1.54) is 0 Å². The van der Waals surface area contributed by atoms with Gasteiger partial charge in [-0.2, -0.15) is 5.26 Å². The molecule has 0 bridgehead atoms. The largest absolute Gasteiger partial charge is 0.481 e. The van der Waals surface area contributed by atoms with Gasteiger partial charge in [0.2, 0.25) is 5.91 Å². The van der Waals surface area contributed by atoms with Crippen molar-refractivity contribution in [2.75, 3.05) is 13.2 Å². The molecule has 2 amide bonds. The molecule has 8 nitrogen and oxygen atoms in total. The molecule has 1 unspecified atom stereocenters. The fourth-order valence-corrected chi connectivity index (χ4v) is 4.01. The highest BCUT2D eigenvalue weighted by Gasteiger charge is 2.29. The molecular weight excluding hydrogens is 422 g/mol. The lowest BCUT2D eigenvalue weighted by atomic mass is 9.98. The molecule has 0 aromatic heterocycles. The number of aliphatic carboxylic acids is 1. The van der Waals surface area contributed by atoms with Gasteiger partial charge in [0.1, 0.15) is 12.6 Å². The molecule has 1 aliphatic carbocycles. The maximum atomic E-state index is 12.5. The maximum Gasteiger partial charge on any atom is 0.407 e. The van der Waals surface area contributed by atoms with Crippen molar-refractivity contribution in [3.63, 3.8) is 0 Å². The number of hydrogen-bond acceptors (Lipinski definition) is 5. The summed E-state index contributed by atoms with van der Waals surface area (Å²) in [7, 11) is 0. The van der Waals surface area contributed by atoms with Gasteiger partial charge in [-0.15, -0.1) is 0 Å². The van der Waals surface area contributed by atoms with E-state index in [0.29, 0.717) is 6.42 Å². The van der Waals surface area contributed by atoms with Crippen molar-refractivity contribution in [1.82, 2.24) is 10.6 Å². The zero-order chi connectivity index (χ0) is 23.6. The van der Waals surface area contributed by atoms with Crippen LogP contribution in [0.1, 0.15) is 49.1 Å². The highest BCUT2D eigenvalue weighted by atomic mass is 16.5. The molecule has 33 heavy (non-hydrogen) atoms. The second-order valence-electron chi connectivity index (χ2n) is 7.86. The fourth-order valence-electron chi connectivity index (χ4n) is 4.01. The van der Waals surface area contributed by atoms with Crippen molar-refractivity contribution < 1.29 is 24.2 Å². The normalized spacial score (nSPS) is 12.7. The van der Waals surface area contributed by atoms with E-state index in [4.69, 9.17) is 15.1 Å². The van der Waals surface area contributed by atoms with Crippen LogP contribution in [0.15, 0.2) is 48.5 Å². The molecular formula is C25H27N3O5. The summed E-state index contributed by atoms with van der Waals surface area (Å²) in [5.74, 6) is -1.46. The van der Waals surface area contributed by atoms with Crippen LogP contribution in [0.5, 0.6) is 0 Å². The summed E-state index contributed by atoms with van der Waals surface area (Å²) in [5.41, 5.74) is 4.43. The average molecular weight is 450 g/mol. The first-order valence-electron chi connectivity index (χ1n) is 11.0. The summed E-state index contributed by atoms with van der Waals surface area (Å²) in [6.07, 6.45) is 0.501. The molecule has 0 spiro atoms. The Kier molecular flexibility index (Phi) is 8.42. The van der Waals surface area contributed by atoms with Gasteiger partial charge in [-0.05, 0) is 41.5 Å². The van der Waals surface area contributed by atoms with E-state index in [9.17, 15) is 14.4 Å². The van der Waals surface area contributed by atoms with E-state index in [-0.39, 0.29) is 44.8 Å². The molecule has 3 rings (SSSR count). The third-order valence-electron chi connectivity index (χ3n) is 5.60. The number of rotatable bonds is 11. The lowest BCUT2D eigenvalue weighted by molar-refractivity contribution is -0.137. The van der Waals surface area contributed by atoms with Crippen molar-refractivity contribution in [3.05, 3.63) is 59.7 Å². The maximum absolute atomic E-state index is 12.5. The Morgan fingerprint density at radius 2 is 1.67 bits per heavy atom. The standard InChI is InChI=1S/C25H27N3O5/c26-14-6-5-12-22(24(31)27-15-7-13-23(29)30)28-25(32)33-16-21-19-10-3-1-8-17(19)18-9-2-4-11-20(18)21/h1-4,8-11,21-22H,5-7,12-13,15-16H2,(H,27,31)(H,28,32)(H,29,30). The molecule has 0 saturated heterocycles. The first kappa shape index (κ1) is 23.8. The molecule has 0 saturated carbocycles. The minimum absolute atomic E-state index is 0.0564. The minimum Gasteiger partial charge on any atom is -0.481 e. The first-order valence-corrected chi connectivity index (χ1v) is 11.0. The molecule has 2 aromatic carbocycles. The Bertz CT molecular complexity index is 1000. The number of nitriles is 1. The number of carbonyl (C=O) groups excluding carboxylic acids is 2. The average Bonchev–Trinajstić information content (AvgIpc) is 3.13. The molecule has 1 aliphatic rings. The summed E-state index contributed by atoms with van der Waals surface area (Å²) >= 11 is 0. The van der Waals surface area contributed by atoms with E-state index >= 15 is 0 Å². The number of amides is 2. The van der Waals surface area contributed by atoms with E-state index in [2.05, 4.69) is 10.6 Å². The molecule has 0 heterocycles. The lowest BCUT2D eigenvalue weighted by Gasteiger charge is -2.19. The molecule has 3 N–H and O–H groups in total. The van der Waals surface area contributed by atoms with Crippen molar-refractivity contribution >= 4 is 18.0 Å². The molecule has 2 aromatic rings. The fraction of sp³-hybridized carbons (Fsp3) is 0.360. The van der Waals surface area contributed by atoms with Crippen molar-refractivity contribution in [2.24, 2.45) is 0 Å². The number of carbonyl (C=O) groups is 3. The van der Waals surface area contributed by atoms with E-state index in [1.807, 2.05) is 54.6 Å². The molecule has 0 radical (unpaired) electrons. The summed E-state index contributed by atoms with van der Waals surface area (Å²) in [5, 5.41) is 22.7. The predicted octanol–water partition coefficient (Wildman–Crippen LogP) is 3.57. The third kappa shape index (κ3) is 6.32. The predicted molar refractivity (Wildman–Crippen MR) is 121 cm³/mol. The van der Waals surface area contributed by atoms with E-state index < -0.39 is 24.0 Å². The summed E-state index contributed by atoms with van der Waals surface area (Å²) in [6.45, 7) is 0.317. The number of hydrogen-bond donors (Lipinski definition) is 3. The van der Waals surface area contributed by atoms with Crippen molar-refractivity contribution in [2.45, 2.75) is 44.1 Å². The van der Waals surface area contributed by atoms with E-state index in [1.54, 1.807) is 0 Å². The number of ether oxygens (including phenoxy) is 1. The lowest BCUT2D eigenvalue weighted by Crippen LogP contribution is -2.47. The SMILES string of the molecule is N#CCCCC(NC(=O)OCC1c2ccccc2-c2ccccc21)C(=O)NCCCC(=O)O. The van der Waals surface area contributed by atoms with Crippen LogP contribution in [0.25, 0.3) is 11.1 Å². The van der Waals surface area contributed by atoms with Crippen LogP contribution in [0.4, 0.5) is 4.79 Å². The number of unbranched alkanes of at least 4 members (excludes halogenated alkanes) is 1. The van der Waals surface area contributed by atoms with Gasteiger partial charge in [-0.1, -0.05) is 48.5 Å². The number of carboxylic acids is 1. The Balaban J connectivity index is 1.59. The Hall–Kier alpha value is -3.86. The Morgan fingerprint density at radius 3 is 2.27 bits per heavy atom. The minimum atomic E-state index is -0.938. The summed E-state index contributed by atoms with van der Waals surface area (Å²) < 4.78 is 5.51. The third-order valence-corrected chi connectivity index (χ3v) is 5.60. The smallest absolute Gasteiger partial charge is 0.407 e. The molecule has 1 atom stereocenters. The van der Waals surface area contributed by atoms with Gasteiger partial charge in [0.25, 0.3) is 0 Å². The molecule has 8 heteroatoms. The van der Waals surface area contributed by atoms with Crippen LogP contribution in [0.2, 0.25) is 0 Å². The van der Waals surface area contributed by atoms with Gasteiger partial charge in [-0.3, -0.25) is 9.59 Å². The van der Waals surface area contributed by atoms with Crippen LogP contribution >= 0.6 is 0 Å². The highest BCUT2D eigenvalue weighted by Crippen LogP contribution is 2.44. The number of benzene rings is 2. The molecule has 0 aliphatic heterocycles. The highest BCUT2D eigenvalue weighted by molar-refractivity contribution is 5.85. The second-order valence-corrected chi connectivity index (χ2v) is 7.86. The first-order chi connectivity index (χ1) is 16.0. The van der Waals surface area contributed by atoms with Gasteiger partial charge in [0.05, 0.1) is 6.07 Å². The quantitative estimate of drug-likeness (QED) is 0.450. The monoisotopic (exact) mass is 449 g/mol. The van der Waals surface area contributed by atoms with Gasteiger partial charge in [0, 0.05) is 25.3 Å². The van der Waals surface area contributed by atoms with Crippen LogP contribution in [-0.2, 0) is 14.3 Å². The number of carboxylic acid groups (broad SMARTS) is 1. The number of nitrogens with zero attached hydrogens (tertiary/aromatic N) is 1. The van der Waals surface area contributed by atoms with Gasteiger partial charge < -0.3 is 20.5 Å². The topological polar surface area (TPSA) is 129 Å². The summed E-state index contributed by atoms with van der Waals surface area (Å²) in [4.78, 5) is 35.6.